The predicted molar refractivity (Wildman–Crippen MR) is 132 cm³/mol. The van der Waals surface area contributed by atoms with E-state index in [-0.39, 0.29) is 5.82 Å². The van der Waals surface area contributed by atoms with E-state index in [9.17, 15) is 4.39 Å². The predicted octanol–water partition coefficient (Wildman–Crippen LogP) is 8.30. The van der Waals surface area contributed by atoms with Crippen molar-refractivity contribution in [2.24, 2.45) is 11.8 Å². The van der Waals surface area contributed by atoms with Crippen molar-refractivity contribution in [1.82, 2.24) is 9.97 Å². The Morgan fingerprint density at radius 3 is 2.59 bits per heavy atom. The summed E-state index contributed by atoms with van der Waals surface area (Å²) in [5.41, 5.74) is 3.32. The lowest BCUT2D eigenvalue weighted by Gasteiger charge is -2.32. The summed E-state index contributed by atoms with van der Waals surface area (Å²) in [7, 11) is 0. The Morgan fingerprint density at radius 2 is 1.81 bits per heavy atom. The summed E-state index contributed by atoms with van der Waals surface area (Å²) in [6.07, 6.45) is 9.60. The maximum absolute atomic E-state index is 13.8. The van der Waals surface area contributed by atoms with Crippen LogP contribution in [0.5, 0.6) is 0 Å². The van der Waals surface area contributed by atoms with Crippen molar-refractivity contribution < 1.29 is 4.39 Å². The van der Waals surface area contributed by atoms with Gasteiger partial charge in [-0.1, -0.05) is 30.7 Å². The molecule has 1 atom stereocenters. The van der Waals surface area contributed by atoms with Crippen molar-refractivity contribution in [3.05, 3.63) is 82.3 Å². The standard InChI is InChI=1S/C27H26ClFN2S/c1-17(14-27-31-16-26(32-27)20-6-8-21(28)9-7-20)18-2-4-19(5-3-18)23-12-13-30-25-11-10-22(29)15-24(23)25/h6-13,15-19H,2-5,14H2,1H3/t17-,18?,19?/m0/s1. The molecule has 0 radical (unpaired) electrons. The second kappa shape index (κ2) is 9.29. The van der Waals surface area contributed by atoms with Crippen LogP contribution in [-0.4, -0.2) is 9.97 Å². The zero-order valence-corrected chi connectivity index (χ0v) is 19.7. The summed E-state index contributed by atoms with van der Waals surface area (Å²) in [6.45, 7) is 2.37. The van der Waals surface area contributed by atoms with Gasteiger partial charge in [-0.3, -0.25) is 4.98 Å². The first-order valence-corrected chi connectivity index (χ1v) is 12.5. The molecule has 1 aliphatic carbocycles. The van der Waals surface area contributed by atoms with Gasteiger partial charge in [0.1, 0.15) is 5.82 Å². The van der Waals surface area contributed by atoms with E-state index in [1.165, 1.54) is 39.9 Å². The number of hydrogen-bond acceptors (Lipinski definition) is 3. The van der Waals surface area contributed by atoms with Gasteiger partial charge in [0.15, 0.2) is 0 Å². The van der Waals surface area contributed by atoms with Gasteiger partial charge in [0.2, 0.25) is 0 Å². The van der Waals surface area contributed by atoms with Gasteiger partial charge < -0.3 is 0 Å². The number of thiazole rings is 1. The average Bonchev–Trinajstić information content (AvgIpc) is 3.27. The van der Waals surface area contributed by atoms with Gasteiger partial charge in [0, 0.05) is 29.2 Å². The normalized spacial score (nSPS) is 19.8. The van der Waals surface area contributed by atoms with Crippen LogP contribution >= 0.6 is 22.9 Å². The van der Waals surface area contributed by atoms with E-state index in [1.807, 2.05) is 24.5 Å². The molecule has 2 aromatic heterocycles. The quantitative estimate of drug-likeness (QED) is 0.296. The number of hydrogen-bond donors (Lipinski definition) is 0. The minimum atomic E-state index is -0.185. The zero-order valence-electron chi connectivity index (χ0n) is 18.1. The number of aromatic nitrogens is 2. The molecule has 1 fully saturated rings. The van der Waals surface area contributed by atoms with Gasteiger partial charge in [0.25, 0.3) is 0 Å². The van der Waals surface area contributed by atoms with E-state index >= 15 is 0 Å². The highest BCUT2D eigenvalue weighted by Crippen LogP contribution is 2.41. The Hall–Kier alpha value is -2.30. The molecule has 5 heteroatoms. The minimum Gasteiger partial charge on any atom is -0.256 e. The van der Waals surface area contributed by atoms with Crippen LogP contribution in [-0.2, 0) is 6.42 Å². The van der Waals surface area contributed by atoms with Crippen LogP contribution in [0.2, 0.25) is 5.02 Å². The summed E-state index contributed by atoms with van der Waals surface area (Å²) >= 11 is 7.80. The molecule has 1 saturated carbocycles. The fourth-order valence-electron chi connectivity index (χ4n) is 5.09. The molecule has 2 heterocycles. The molecule has 0 amide bonds. The molecule has 1 aliphatic rings. The highest BCUT2D eigenvalue weighted by atomic mass is 35.5. The summed E-state index contributed by atoms with van der Waals surface area (Å²) in [5.74, 6) is 1.61. The smallest absolute Gasteiger partial charge is 0.123 e. The van der Waals surface area contributed by atoms with Crippen LogP contribution in [0.15, 0.2) is 60.9 Å². The van der Waals surface area contributed by atoms with E-state index < -0.39 is 0 Å². The molecule has 0 N–H and O–H groups in total. The zero-order chi connectivity index (χ0) is 22.1. The molecule has 32 heavy (non-hydrogen) atoms. The molecule has 0 aliphatic heterocycles. The van der Waals surface area contributed by atoms with E-state index in [0.29, 0.717) is 17.8 Å². The Labute approximate surface area is 197 Å². The third kappa shape index (κ3) is 4.57. The lowest BCUT2D eigenvalue weighted by atomic mass is 9.73. The van der Waals surface area contributed by atoms with Gasteiger partial charge in [-0.2, -0.15) is 0 Å². The summed E-state index contributed by atoms with van der Waals surface area (Å²) in [4.78, 5) is 10.3. The van der Waals surface area contributed by atoms with E-state index in [4.69, 9.17) is 16.6 Å². The molecule has 0 bridgehead atoms. The first kappa shape index (κ1) is 21.5. The van der Waals surface area contributed by atoms with Gasteiger partial charge in [-0.25, -0.2) is 9.37 Å². The van der Waals surface area contributed by atoms with E-state index in [0.717, 1.165) is 35.2 Å². The van der Waals surface area contributed by atoms with Crippen molar-refractivity contribution in [2.75, 3.05) is 0 Å². The maximum Gasteiger partial charge on any atom is 0.123 e. The van der Waals surface area contributed by atoms with E-state index in [1.54, 1.807) is 23.5 Å². The molecular weight excluding hydrogens is 439 g/mol. The Bertz CT molecular complexity index is 1210. The van der Waals surface area contributed by atoms with E-state index in [2.05, 4.69) is 30.1 Å². The molecule has 0 unspecified atom stereocenters. The van der Waals surface area contributed by atoms with Gasteiger partial charge in [0.05, 0.1) is 15.4 Å². The number of fused-ring (bicyclic) bond motifs is 1. The number of pyridine rings is 1. The van der Waals surface area contributed by atoms with Crippen molar-refractivity contribution in [1.29, 1.82) is 0 Å². The van der Waals surface area contributed by atoms with Crippen molar-refractivity contribution in [3.8, 4) is 10.4 Å². The number of rotatable bonds is 5. The molecule has 5 rings (SSSR count). The molecule has 4 aromatic rings. The highest BCUT2D eigenvalue weighted by Gasteiger charge is 2.27. The topological polar surface area (TPSA) is 25.8 Å². The lowest BCUT2D eigenvalue weighted by Crippen LogP contribution is -2.21. The molecule has 2 nitrogen and oxygen atoms in total. The second-order valence-corrected chi connectivity index (χ2v) is 10.5. The van der Waals surface area contributed by atoms with Crippen LogP contribution in [0.25, 0.3) is 21.3 Å². The summed E-state index contributed by atoms with van der Waals surface area (Å²) in [6, 6.07) is 15.0. The third-order valence-electron chi connectivity index (χ3n) is 6.93. The van der Waals surface area contributed by atoms with Crippen LogP contribution in [0, 0.1) is 17.7 Å². The SMILES string of the molecule is C[C@@H](Cc1ncc(-c2ccc(Cl)cc2)s1)C1CCC(c2ccnc3ccc(F)cc23)CC1. The minimum absolute atomic E-state index is 0.185. The molecule has 2 aromatic carbocycles. The summed E-state index contributed by atoms with van der Waals surface area (Å²) < 4.78 is 13.8. The van der Waals surface area contributed by atoms with Crippen LogP contribution in [0.4, 0.5) is 4.39 Å². The van der Waals surface area contributed by atoms with Gasteiger partial charge in [-0.05, 0) is 91.0 Å². The Morgan fingerprint density at radius 1 is 1.03 bits per heavy atom. The van der Waals surface area contributed by atoms with Gasteiger partial charge in [-0.15, -0.1) is 11.3 Å². The van der Waals surface area contributed by atoms with Crippen molar-refractivity contribution >= 4 is 33.8 Å². The van der Waals surface area contributed by atoms with Crippen molar-refractivity contribution in [2.45, 2.75) is 44.9 Å². The molecule has 164 valence electrons. The molecule has 0 saturated heterocycles. The van der Waals surface area contributed by atoms with Crippen molar-refractivity contribution in [3.63, 3.8) is 0 Å². The molecular formula is C27H26ClFN2S. The lowest BCUT2D eigenvalue weighted by molar-refractivity contribution is 0.244. The Kier molecular flexibility index (Phi) is 6.25. The fourth-order valence-corrected chi connectivity index (χ4v) is 6.28. The molecule has 0 spiro atoms. The number of halogens is 2. The first-order chi connectivity index (χ1) is 15.6. The largest absolute Gasteiger partial charge is 0.256 e. The summed E-state index contributed by atoms with van der Waals surface area (Å²) in [5, 5.41) is 2.94. The highest BCUT2D eigenvalue weighted by molar-refractivity contribution is 7.15. The Balaban J connectivity index is 1.22. The second-order valence-electron chi connectivity index (χ2n) is 8.98. The maximum atomic E-state index is 13.8. The van der Waals surface area contributed by atoms with Gasteiger partial charge >= 0.3 is 0 Å². The fraction of sp³-hybridized carbons (Fsp3) is 0.333. The number of benzene rings is 2. The first-order valence-electron chi connectivity index (χ1n) is 11.3. The average molecular weight is 465 g/mol. The van der Waals surface area contributed by atoms with Crippen LogP contribution in [0.3, 0.4) is 0 Å². The monoisotopic (exact) mass is 464 g/mol. The van der Waals surface area contributed by atoms with Crippen LogP contribution < -0.4 is 0 Å². The third-order valence-corrected chi connectivity index (χ3v) is 8.25. The number of nitrogens with zero attached hydrogens (tertiary/aromatic N) is 2. The van der Waals surface area contributed by atoms with Crippen LogP contribution in [0.1, 0.15) is 49.1 Å².